The summed E-state index contributed by atoms with van der Waals surface area (Å²) in [5, 5.41) is 13.6. The molecular formula is C6H5ClF3N3O. The number of aryl methyl sites for hydroxylation is 1. The number of nitrogens with zero attached hydrogens (tertiary/aromatic N) is 3. The van der Waals surface area contributed by atoms with Crippen LogP contribution in [0.2, 0.25) is 5.15 Å². The van der Waals surface area contributed by atoms with Crippen LogP contribution >= 0.6 is 11.6 Å². The van der Waals surface area contributed by atoms with Gasteiger partial charge in [0.1, 0.15) is 5.15 Å². The zero-order chi connectivity index (χ0) is 10.9. The fourth-order valence-corrected chi connectivity index (χ4v) is 1.08. The van der Waals surface area contributed by atoms with Crippen LogP contribution in [-0.2, 0) is 13.2 Å². The maximum absolute atomic E-state index is 12.3. The van der Waals surface area contributed by atoms with E-state index in [1.54, 1.807) is 0 Å². The van der Waals surface area contributed by atoms with E-state index >= 15 is 0 Å². The smallest absolute Gasteiger partial charge is 0.411 e. The van der Waals surface area contributed by atoms with Gasteiger partial charge < -0.3 is 5.21 Å². The van der Waals surface area contributed by atoms with Gasteiger partial charge in [0.15, 0.2) is 5.69 Å². The van der Waals surface area contributed by atoms with Crippen molar-refractivity contribution in [1.29, 1.82) is 0 Å². The van der Waals surface area contributed by atoms with E-state index in [-0.39, 0.29) is 5.15 Å². The fraction of sp³-hybridized carbons (Fsp3) is 0.333. The Balaban J connectivity index is 3.37. The van der Waals surface area contributed by atoms with E-state index in [9.17, 15) is 13.2 Å². The molecule has 0 aromatic carbocycles. The molecule has 1 aromatic heterocycles. The highest BCUT2D eigenvalue weighted by atomic mass is 35.5. The number of hydrogen-bond donors (Lipinski definition) is 1. The molecule has 0 saturated carbocycles. The Morgan fingerprint density at radius 3 is 2.57 bits per heavy atom. The Morgan fingerprint density at radius 2 is 2.14 bits per heavy atom. The van der Waals surface area contributed by atoms with Gasteiger partial charge in [0.25, 0.3) is 0 Å². The van der Waals surface area contributed by atoms with E-state index < -0.39 is 17.4 Å². The molecule has 1 N–H and O–H groups in total. The van der Waals surface area contributed by atoms with Gasteiger partial charge in [0, 0.05) is 7.05 Å². The summed E-state index contributed by atoms with van der Waals surface area (Å²) in [6.45, 7) is 0. The van der Waals surface area contributed by atoms with Gasteiger partial charge >= 0.3 is 6.18 Å². The second-order valence-corrected chi connectivity index (χ2v) is 2.78. The van der Waals surface area contributed by atoms with Crippen molar-refractivity contribution in [3.05, 3.63) is 16.4 Å². The number of alkyl halides is 3. The van der Waals surface area contributed by atoms with Crippen molar-refractivity contribution in [3.8, 4) is 0 Å². The van der Waals surface area contributed by atoms with Crippen LogP contribution < -0.4 is 0 Å². The van der Waals surface area contributed by atoms with Crippen molar-refractivity contribution < 1.29 is 18.4 Å². The quantitative estimate of drug-likeness (QED) is 0.453. The van der Waals surface area contributed by atoms with Crippen LogP contribution in [0.5, 0.6) is 0 Å². The van der Waals surface area contributed by atoms with Crippen molar-refractivity contribution in [3.63, 3.8) is 0 Å². The van der Waals surface area contributed by atoms with E-state index in [0.717, 1.165) is 4.68 Å². The second-order valence-electron chi connectivity index (χ2n) is 2.42. The molecule has 14 heavy (non-hydrogen) atoms. The zero-order valence-electron chi connectivity index (χ0n) is 6.88. The first-order valence-corrected chi connectivity index (χ1v) is 3.73. The molecule has 0 aliphatic rings. The summed E-state index contributed by atoms with van der Waals surface area (Å²) in [5.74, 6) is 0. The minimum absolute atomic E-state index is 0.241. The van der Waals surface area contributed by atoms with Crippen LogP contribution in [0.3, 0.4) is 0 Å². The molecule has 1 heterocycles. The normalized spacial score (nSPS) is 12.6. The van der Waals surface area contributed by atoms with Crippen molar-refractivity contribution in [2.45, 2.75) is 6.18 Å². The first-order chi connectivity index (χ1) is 6.38. The molecule has 8 heteroatoms. The second kappa shape index (κ2) is 3.49. The number of halogens is 4. The highest BCUT2D eigenvalue weighted by Crippen LogP contribution is 2.33. The third-order valence-corrected chi connectivity index (χ3v) is 1.92. The van der Waals surface area contributed by atoms with Gasteiger partial charge in [0.2, 0.25) is 0 Å². The number of rotatable bonds is 1. The monoisotopic (exact) mass is 227 g/mol. The molecule has 1 rings (SSSR count). The lowest BCUT2D eigenvalue weighted by atomic mass is 10.2. The highest BCUT2D eigenvalue weighted by molar-refractivity contribution is 6.32. The molecule has 78 valence electrons. The topological polar surface area (TPSA) is 50.4 Å². The molecule has 0 amide bonds. The van der Waals surface area contributed by atoms with Crippen LogP contribution in [-0.4, -0.2) is 21.2 Å². The summed E-state index contributed by atoms with van der Waals surface area (Å²) < 4.78 is 37.7. The maximum Gasteiger partial charge on any atom is 0.435 e. The molecule has 0 aliphatic carbocycles. The SMILES string of the molecule is Cn1nc(C(F)(F)F)c(/C=N\O)c1Cl. The average molecular weight is 228 g/mol. The predicted molar refractivity (Wildman–Crippen MR) is 42.6 cm³/mol. The molecule has 0 spiro atoms. The van der Waals surface area contributed by atoms with E-state index in [1.165, 1.54) is 7.05 Å². The third kappa shape index (κ3) is 1.82. The summed E-state index contributed by atoms with van der Waals surface area (Å²) in [6.07, 6.45) is -4.03. The first-order valence-electron chi connectivity index (χ1n) is 3.35. The molecule has 4 nitrogen and oxygen atoms in total. The predicted octanol–water partition coefficient (Wildman–Crippen LogP) is 1.90. The molecule has 0 fully saturated rings. The molecule has 1 aromatic rings. The van der Waals surface area contributed by atoms with Crippen LogP contribution in [0.4, 0.5) is 13.2 Å². The lowest BCUT2D eigenvalue weighted by molar-refractivity contribution is -0.141. The Hall–Kier alpha value is -1.24. The van der Waals surface area contributed by atoms with E-state index in [1.807, 2.05) is 0 Å². The van der Waals surface area contributed by atoms with Gasteiger partial charge in [-0.15, -0.1) is 0 Å². The lowest BCUT2D eigenvalue weighted by Crippen LogP contribution is -2.09. The van der Waals surface area contributed by atoms with Gasteiger partial charge in [-0.05, 0) is 0 Å². The summed E-state index contributed by atoms with van der Waals surface area (Å²) in [4.78, 5) is 0. The van der Waals surface area contributed by atoms with Gasteiger partial charge in [-0.1, -0.05) is 16.8 Å². The van der Waals surface area contributed by atoms with Crippen LogP contribution in [0.1, 0.15) is 11.3 Å². The molecule has 0 bridgehead atoms. The third-order valence-electron chi connectivity index (χ3n) is 1.47. The molecule has 0 aliphatic heterocycles. The lowest BCUT2D eigenvalue weighted by Gasteiger charge is -2.01. The van der Waals surface area contributed by atoms with Gasteiger partial charge in [-0.2, -0.15) is 18.3 Å². The van der Waals surface area contributed by atoms with Crippen LogP contribution in [0.25, 0.3) is 0 Å². The molecule has 0 radical (unpaired) electrons. The van der Waals surface area contributed by atoms with Crippen molar-refractivity contribution >= 4 is 17.8 Å². The van der Waals surface area contributed by atoms with E-state index in [2.05, 4.69) is 10.3 Å². The summed E-state index contributed by atoms with van der Waals surface area (Å²) in [5.41, 5.74) is -1.63. The standard InChI is InChI=1S/C6H5ClF3N3O/c1-13-5(7)3(2-11-14)4(12-13)6(8,9)10/h2,14H,1H3/b11-2-. The van der Waals surface area contributed by atoms with E-state index in [4.69, 9.17) is 16.8 Å². The fourth-order valence-electron chi connectivity index (χ4n) is 0.901. The Labute approximate surface area is 81.6 Å². The first kappa shape index (κ1) is 10.8. The van der Waals surface area contributed by atoms with Gasteiger partial charge in [0.05, 0.1) is 11.8 Å². The van der Waals surface area contributed by atoms with Crippen LogP contribution in [0.15, 0.2) is 5.16 Å². The Kier molecular flexibility index (Phi) is 2.70. The van der Waals surface area contributed by atoms with Gasteiger partial charge in [-0.25, -0.2) is 0 Å². The Morgan fingerprint density at radius 1 is 1.57 bits per heavy atom. The number of aromatic nitrogens is 2. The van der Waals surface area contributed by atoms with E-state index in [0.29, 0.717) is 6.21 Å². The summed E-state index contributed by atoms with van der Waals surface area (Å²) >= 11 is 5.50. The zero-order valence-corrected chi connectivity index (χ0v) is 7.63. The maximum atomic E-state index is 12.3. The average Bonchev–Trinajstić information content (AvgIpc) is 2.32. The largest absolute Gasteiger partial charge is 0.435 e. The highest BCUT2D eigenvalue weighted by Gasteiger charge is 2.38. The molecule has 0 atom stereocenters. The van der Waals surface area contributed by atoms with Crippen molar-refractivity contribution in [1.82, 2.24) is 9.78 Å². The molecule has 0 unspecified atom stereocenters. The molecular weight excluding hydrogens is 223 g/mol. The van der Waals surface area contributed by atoms with Gasteiger partial charge in [-0.3, -0.25) is 4.68 Å². The Bertz CT molecular complexity index is 371. The van der Waals surface area contributed by atoms with Crippen molar-refractivity contribution in [2.75, 3.05) is 0 Å². The number of oxime groups is 1. The van der Waals surface area contributed by atoms with Crippen LogP contribution in [0, 0.1) is 0 Å². The minimum atomic E-state index is -4.62. The van der Waals surface area contributed by atoms with Crippen molar-refractivity contribution in [2.24, 2.45) is 12.2 Å². The summed E-state index contributed by atoms with van der Waals surface area (Å²) in [6, 6.07) is 0. The minimum Gasteiger partial charge on any atom is -0.411 e. The summed E-state index contributed by atoms with van der Waals surface area (Å²) in [7, 11) is 1.26. The number of hydrogen-bond acceptors (Lipinski definition) is 3. The molecule has 0 saturated heterocycles.